The van der Waals surface area contributed by atoms with Gasteiger partial charge in [-0.2, -0.15) is 0 Å². The molecule has 1 aliphatic carbocycles. The fourth-order valence-electron chi connectivity index (χ4n) is 2.30. The van der Waals surface area contributed by atoms with E-state index < -0.39 is 0 Å². The van der Waals surface area contributed by atoms with E-state index in [-0.39, 0.29) is 11.9 Å². The van der Waals surface area contributed by atoms with Gasteiger partial charge in [0.15, 0.2) is 5.82 Å². The summed E-state index contributed by atoms with van der Waals surface area (Å²) >= 11 is 3.44. The molecule has 1 unspecified atom stereocenters. The Morgan fingerprint density at radius 2 is 2.30 bits per heavy atom. The Balaban J connectivity index is 1.78. The lowest BCUT2D eigenvalue weighted by Gasteiger charge is -2.14. The fraction of sp³-hybridized carbons (Fsp3) is 0.462. The van der Waals surface area contributed by atoms with E-state index in [1.54, 1.807) is 10.9 Å². The molecular weight excluding hydrogens is 322 g/mol. The number of nitrogens with zero attached hydrogens (tertiary/aromatic N) is 4. The minimum atomic E-state index is -0.184. The van der Waals surface area contributed by atoms with Crippen LogP contribution < -0.4 is 5.32 Å². The van der Waals surface area contributed by atoms with Crippen LogP contribution in [0.5, 0.6) is 0 Å². The molecule has 1 fully saturated rings. The van der Waals surface area contributed by atoms with Crippen LogP contribution in [-0.4, -0.2) is 25.2 Å². The minimum Gasteiger partial charge on any atom is -0.341 e. The SMILES string of the molecule is CC(NC(=O)c1cc(Br)cn1C1CC1)c1nncn1C. The van der Waals surface area contributed by atoms with Crippen molar-refractivity contribution >= 4 is 21.8 Å². The second kappa shape index (κ2) is 5.05. The molecule has 2 aromatic heterocycles. The Bertz CT molecular complexity index is 643. The van der Waals surface area contributed by atoms with Crippen LogP contribution in [0.1, 0.15) is 48.2 Å². The zero-order valence-corrected chi connectivity index (χ0v) is 13.0. The van der Waals surface area contributed by atoms with Crippen molar-refractivity contribution < 1.29 is 4.79 Å². The summed E-state index contributed by atoms with van der Waals surface area (Å²) in [5.74, 6) is 0.653. The van der Waals surface area contributed by atoms with Gasteiger partial charge < -0.3 is 14.5 Å². The predicted molar refractivity (Wildman–Crippen MR) is 77.3 cm³/mol. The number of aryl methyl sites for hydroxylation is 1. The van der Waals surface area contributed by atoms with Crippen molar-refractivity contribution in [1.29, 1.82) is 0 Å². The molecule has 1 amide bonds. The molecule has 0 aliphatic heterocycles. The molecule has 1 aliphatic rings. The summed E-state index contributed by atoms with van der Waals surface area (Å²) < 4.78 is 4.78. The summed E-state index contributed by atoms with van der Waals surface area (Å²) in [5.41, 5.74) is 0.688. The van der Waals surface area contributed by atoms with Gasteiger partial charge in [-0.1, -0.05) is 0 Å². The van der Waals surface area contributed by atoms with Crippen LogP contribution in [0.3, 0.4) is 0 Å². The van der Waals surface area contributed by atoms with Gasteiger partial charge in [0.1, 0.15) is 12.0 Å². The van der Waals surface area contributed by atoms with Crippen LogP contribution in [0.4, 0.5) is 0 Å². The van der Waals surface area contributed by atoms with Gasteiger partial charge in [-0.05, 0) is 41.8 Å². The number of hydrogen-bond acceptors (Lipinski definition) is 3. The first-order valence-electron chi connectivity index (χ1n) is 6.58. The van der Waals surface area contributed by atoms with Crippen molar-refractivity contribution in [2.75, 3.05) is 0 Å². The molecule has 0 radical (unpaired) electrons. The van der Waals surface area contributed by atoms with Gasteiger partial charge in [-0.3, -0.25) is 4.79 Å². The quantitative estimate of drug-likeness (QED) is 0.930. The van der Waals surface area contributed by atoms with Gasteiger partial charge >= 0.3 is 0 Å². The Kier molecular flexibility index (Phi) is 3.37. The average molecular weight is 338 g/mol. The highest BCUT2D eigenvalue weighted by Crippen LogP contribution is 2.37. The highest BCUT2D eigenvalue weighted by Gasteiger charge is 2.28. The number of aromatic nitrogens is 4. The maximum Gasteiger partial charge on any atom is 0.268 e. The number of carbonyl (C=O) groups excluding carboxylic acids is 1. The molecule has 1 N–H and O–H groups in total. The van der Waals surface area contributed by atoms with E-state index in [2.05, 4.69) is 31.4 Å². The summed E-state index contributed by atoms with van der Waals surface area (Å²) in [6.07, 6.45) is 5.88. The number of amides is 1. The van der Waals surface area contributed by atoms with E-state index >= 15 is 0 Å². The summed E-state index contributed by atoms with van der Waals surface area (Å²) in [7, 11) is 1.86. The lowest BCUT2D eigenvalue weighted by Crippen LogP contribution is -2.30. The Morgan fingerprint density at radius 1 is 1.55 bits per heavy atom. The van der Waals surface area contributed by atoms with E-state index in [1.807, 2.05) is 30.8 Å². The number of nitrogens with one attached hydrogen (secondary N) is 1. The normalized spacial score (nSPS) is 16.1. The van der Waals surface area contributed by atoms with Crippen LogP contribution in [-0.2, 0) is 7.05 Å². The van der Waals surface area contributed by atoms with E-state index in [1.165, 1.54) is 0 Å². The first-order chi connectivity index (χ1) is 9.56. The molecule has 0 bridgehead atoms. The first-order valence-corrected chi connectivity index (χ1v) is 7.37. The summed E-state index contributed by atoms with van der Waals surface area (Å²) in [4.78, 5) is 12.4. The summed E-state index contributed by atoms with van der Waals surface area (Å²) in [6.45, 7) is 1.90. The van der Waals surface area contributed by atoms with E-state index in [0.29, 0.717) is 11.7 Å². The van der Waals surface area contributed by atoms with Crippen LogP contribution in [0.2, 0.25) is 0 Å². The van der Waals surface area contributed by atoms with Crippen molar-refractivity contribution in [3.8, 4) is 0 Å². The molecule has 2 heterocycles. The standard InChI is InChI=1S/C13H16BrN5O/c1-8(12-17-15-7-18(12)2)16-13(20)11-5-9(14)6-19(11)10-3-4-10/h5-8,10H,3-4H2,1-2H3,(H,16,20). The Hall–Kier alpha value is -1.63. The highest BCUT2D eigenvalue weighted by atomic mass is 79.9. The van der Waals surface area contributed by atoms with E-state index in [4.69, 9.17) is 0 Å². The third-order valence-electron chi connectivity index (χ3n) is 3.47. The van der Waals surface area contributed by atoms with Crippen LogP contribution in [0.25, 0.3) is 0 Å². The Morgan fingerprint density at radius 3 is 2.90 bits per heavy atom. The monoisotopic (exact) mass is 337 g/mol. The minimum absolute atomic E-state index is 0.0851. The van der Waals surface area contributed by atoms with E-state index in [9.17, 15) is 4.79 Å². The fourth-order valence-corrected chi connectivity index (χ4v) is 2.74. The zero-order valence-electron chi connectivity index (χ0n) is 11.4. The predicted octanol–water partition coefficient (Wildman–Crippen LogP) is 2.21. The zero-order chi connectivity index (χ0) is 14.3. The van der Waals surface area contributed by atoms with Crippen molar-refractivity contribution in [1.82, 2.24) is 24.6 Å². The van der Waals surface area contributed by atoms with Gasteiger partial charge in [-0.15, -0.1) is 10.2 Å². The second-order valence-corrected chi connectivity index (χ2v) is 6.09. The van der Waals surface area contributed by atoms with Crippen molar-refractivity contribution in [3.63, 3.8) is 0 Å². The molecule has 20 heavy (non-hydrogen) atoms. The molecule has 106 valence electrons. The molecule has 1 atom stereocenters. The van der Waals surface area contributed by atoms with E-state index in [0.717, 1.165) is 23.1 Å². The average Bonchev–Trinajstić information content (AvgIpc) is 3.04. The highest BCUT2D eigenvalue weighted by molar-refractivity contribution is 9.10. The van der Waals surface area contributed by atoms with Crippen LogP contribution in [0.15, 0.2) is 23.1 Å². The largest absolute Gasteiger partial charge is 0.341 e. The molecule has 7 heteroatoms. The third-order valence-corrected chi connectivity index (χ3v) is 3.90. The van der Waals surface area contributed by atoms with Gasteiger partial charge in [-0.25, -0.2) is 0 Å². The lowest BCUT2D eigenvalue weighted by atomic mass is 10.3. The molecule has 3 rings (SSSR count). The molecule has 2 aromatic rings. The van der Waals surface area contributed by atoms with Gasteiger partial charge in [0.05, 0.1) is 6.04 Å². The smallest absolute Gasteiger partial charge is 0.268 e. The van der Waals surface area contributed by atoms with Gasteiger partial charge in [0, 0.05) is 23.8 Å². The number of rotatable bonds is 4. The third kappa shape index (κ3) is 2.49. The second-order valence-electron chi connectivity index (χ2n) is 5.18. The maximum absolute atomic E-state index is 12.4. The van der Waals surface area contributed by atoms with Crippen LogP contribution in [0, 0.1) is 0 Å². The van der Waals surface area contributed by atoms with Gasteiger partial charge in [0.25, 0.3) is 5.91 Å². The van der Waals surface area contributed by atoms with Crippen molar-refractivity contribution in [2.24, 2.45) is 7.05 Å². The van der Waals surface area contributed by atoms with Crippen molar-refractivity contribution in [3.05, 3.63) is 34.6 Å². The molecule has 1 saturated carbocycles. The molecule has 6 nitrogen and oxygen atoms in total. The topological polar surface area (TPSA) is 64.7 Å². The molecular formula is C13H16BrN5O. The lowest BCUT2D eigenvalue weighted by molar-refractivity contribution is 0.0928. The van der Waals surface area contributed by atoms with Crippen molar-refractivity contribution in [2.45, 2.75) is 31.8 Å². The number of carbonyl (C=O) groups is 1. The molecule has 0 saturated heterocycles. The first kappa shape index (κ1) is 13.4. The maximum atomic E-state index is 12.4. The van der Waals surface area contributed by atoms with Crippen LogP contribution >= 0.6 is 15.9 Å². The molecule has 0 spiro atoms. The summed E-state index contributed by atoms with van der Waals surface area (Å²) in [6, 6.07) is 2.14. The molecule has 0 aromatic carbocycles. The van der Waals surface area contributed by atoms with Gasteiger partial charge in [0.2, 0.25) is 0 Å². The Labute approximate surface area is 125 Å². The number of halogens is 1. The number of hydrogen-bond donors (Lipinski definition) is 1. The summed E-state index contributed by atoms with van der Waals surface area (Å²) in [5, 5.41) is 10.8.